The molecule has 0 spiro atoms. The van der Waals surface area contributed by atoms with Crippen LogP contribution in [0.5, 0.6) is 5.75 Å². The number of ether oxygens (including phenoxy) is 1. The molecule has 0 aliphatic carbocycles. The Morgan fingerprint density at radius 2 is 1.93 bits per heavy atom. The number of hydrogen-bond acceptors (Lipinski definition) is 5. The van der Waals surface area contributed by atoms with Gasteiger partial charge in [-0.2, -0.15) is 0 Å². The van der Waals surface area contributed by atoms with Gasteiger partial charge in [0.1, 0.15) is 5.75 Å². The lowest BCUT2D eigenvalue weighted by molar-refractivity contribution is -0.114. The average Bonchev–Trinajstić information content (AvgIpc) is 3.15. The lowest BCUT2D eigenvalue weighted by Gasteiger charge is -2.10. The molecule has 0 unspecified atom stereocenters. The molecule has 0 radical (unpaired) electrons. The predicted molar refractivity (Wildman–Crippen MR) is 114 cm³/mol. The fourth-order valence-electron chi connectivity index (χ4n) is 3.00. The molecule has 2 N–H and O–H groups in total. The van der Waals surface area contributed by atoms with Crippen LogP contribution in [0.15, 0.2) is 61.1 Å². The summed E-state index contributed by atoms with van der Waals surface area (Å²) in [6.07, 6.45) is 5.37. The second kappa shape index (κ2) is 7.81. The number of hydrogen-bond donors (Lipinski definition) is 2. The molecule has 0 fully saturated rings. The fourth-order valence-corrected chi connectivity index (χ4v) is 3.23. The normalized spacial score (nSPS) is 10.7. The largest absolute Gasteiger partial charge is 0.497 e. The van der Waals surface area contributed by atoms with Crippen molar-refractivity contribution in [1.82, 2.24) is 14.4 Å². The maximum atomic E-state index is 11.2. The lowest BCUT2D eigenvalue weighted by Crippen LogP contribution is -2.06. The van der Waals surface area contributed by atoms with Crippen LogP contribution in [0, 0.1) is 0 Å². The highest BCUT2D eigenvalue weighted by Gasteiger charge is 2.11. The molecule has 8 heteroatoms. The topological polar surface area (TPSA) is 80.5 Å². The number of nitrogens with zero attached hydrogens (tertiary/aromatic N) is 3. The van der Waals surface area contributed by atoms with E-state index in [1.165, 1.54) is 6.92 Å². The quantitative estimate of drug-likeness (QED) is 0.498. The number of halogens is 1. The second-order valence-corrected chi connectivity index (χ2v) is 6.75. The molecule has 0 aliphatic heterocycles. The van der Waals surface area contributed by atoms with E-state index in [4.69, 9.17) is 16.3 Å². The van der Waals surface area contributed by atoms with E-state index < -0.39 is 0 Å². The van der Waals surface area contributed by atoms with Gasteiger partial charge in [0.2, 0.25) is 5.91 Å². The maximum absolute atomic E-state index is 11.2. The zero-order chi connectivity index (χ0) is 20.4. The van der Waals surface area contributed by atoms with Crippen molar-refractivity contribution in [3.63, 3.8) is 0 Å². The van der Waals surface area contributed by atoms with Crippen molar-refractivity contribution < 1.29 is 9.53 Å². The van der Waals surface area contributed by atoms with Gasteiger partial charge < -0.3 is 15.4 Å². The minimum Gasteiger partial charge on any atom is -0.497 e. The van der Waals surface area contributed by atoms with Crippen LogP contribution in [0.25, 0.3) is 16.9 Å². The summed E-state index contributed by atoms with van der Waals surface area (Å²) in [4.78, 5) is 20.2. The Labute approximate surface area is 172 Å². The number of amides is 1. The van der Waals surface area contributed by atoms with Crippen LogP contribution in [0.3, 0.4) is 0 Å². The molecule has 4 aromatic rings. The Balaban J connectivity index is 1.66. The van der Waals surface area contributed by atoms with Crippen LogP contribution in [0.2, 0.25) is 5.02 Å². The van der Waals surface area contributed by atoms with Crippen molar-refractivity contribution in [1.29, 1.82) is 0 Å². The van der Waals surface area contributed by atoms with Gasteiger partial charge in [0.25, 0.3) is 0 Å². The van der Waals surface area contributed by atoms with Crippen LogP contribution in [-0.2, 0) is 4.79 Å². The van der Waals surface area contributed by atoms with Gasteiger partial charge in [0, 0.05) is 30.6 Å². The predicted octanol–water partition coefficient (Wildman–Crippen LogP) is 4.76. The molecule has 0 atom stereocenters. The second-order valence-electron chi connectivity index (χ2n) is 6.34. The molecule has 0 saturated heterocycles. The van der Waals surface area contributed by atoms with Gasteiger partial charge in [-0.1, -0.05) is 11.6 Å². The van der Waals surface area contributed by atoms with E-state index in [9.17, 15) is 4.79 Å². The van der Waals surface area contributed by atoms with Crippen molar-refractivity contribution in [3.8, 4) is 17.0 Å². The van der Waals surface area contributed by atoms with E-state index in [0.29, 0.717) is 22.2 Å². The van der Waals surface area contributed by atoms with Gasteiger partial charge in [-0.3, -0.25) is 9.20 Å². The van der Waals surface area contributed by atoms with Gasteiger partial charge in [-0.05, 0) is 42.5 Å². The molecule has 1 amide bonds. The standard InChI is InChI=1S/C21H18ClN5O2/c1-13(28)25-18-8-5-15(11-17(18)22)26-20-21-24-12-19(27(21)10-9-23-20)14-3-6-16(29-2)7-4-14/h3-12H,1-2H3,(H,23,26)(H,25,28). The fraction of sp³-hybridized carbons (Fsp3) is 0.0952. The summed E-state index contributed by atoms with van der Waals surface area (Å²) in [6, 6.07) is 13.1. The minimum absolute atomic E-state index is 0.178. The molecular weight excluding hydrogens is 390 g/mol. The third-order valence-electron chi connectivity index (χ3n) is 4.36. The van der Waals surface area contributed by atoms with Crippen LogP contribution < -0.4 is 15.4 Å². The summed E-state index contributed by atoms with van der Waals surface area (Å²) in [5.74, 6) is 1.21. The molecule has 29 heavy (non-hydrogen) atoms. The van der Waals surface area contributed by atoms with Crippen LogP contribution in [0.1, 0.15) is 6.92 Å². The highest BCUT2D eigenvalue weighted by molar-refractivity contribution is 6.34. The first-order valence-corrected chi connectivity index (χ1v) is 9.23. The van der Waals surface area contributed by atoms with Gasteiger partial charge in [-0.25, -0.2) is 9.97 Å². The molecule has 7 nitrogen and oxygen atoms in total. The molecule has 0 saturated carbocycles. The van der Waals surface area contributed by atoms with Gasteiger partial charge in [0.05, 0.1) is 29.7 Å². The number of carbonyl (C=O) groups excluding carboxylic acids is 1. The number of anilines is 3. The molecule has 146 valence electrons. The Hall–Kier alpha value is -3.58. The smallest absolute Gasteiger partial charge is 0.221 e. The van der Waals surface area contributed by atoms with E-state index in [1.807, 2.05) is 40.9 Å². The highest BCUT2D eigenvalue weighted by atomic mass is 35.5. The van der Waals surface area contributed by atoms with Crippen molar-refractivity contribution in [2.24, 2.45) is 0 Å². The maximum Gasteiger partial charge on any atom is 0.221 e. The number of methoxy groups -OCH3 is 1. The number of imidazole rings is 1. The first kappa shape index (κ1) is 18.8. The molecule has 0 aliphatic rings. The molecule has 2 aromatic carbocycles. The number of nitrogens with one attached hydrogen (secondary N) is 2. The zero-order valence-electron chi connectivity index (χ0n) is 15.8. The average molecular weight is 408 g/mol. The van der Waals surface area contributed by atoms with E-state index in [2.05, 4.69) is 20.6 Å². The Morgan fingerprint density at radius 1 is 1.14 bits per heavy atom. The van der Waals surface area contributed by atoms with Crippen molar-refractivity contribution in [3.05, 3.63) is 66.1 Å². The summed E-state index contributed by atoms with van der Waals surface area (Å²) >= 11 is 6.26. The lowest BCUT2D eigenvalue weighted by atomic mass is 10.1. The summed E-state index contributed by atoms with van der Waals surface area (Å²) in [6.45, 7) is 1.44. The SMILES string of the molecule is COc1ccc(-c2cnc3c(Nc4ccc(NC(C)=O)c(Cl)c4)nccn23)cc1. The molecular formula is C21H18ClN5O2. The number of rotatable bonds is 5. The molecule has 4 rings (SSSR count). The molecule has 2 heterocycles. The monoisotopic (exact) mass is 407 g/mol. The van der Waals surface area contributed by atoms with Crippen LogP contribution >= 0.6 is 11.6 Å². The summed E-state index contributed by atoms with van der Waals surface area (Å²) in [5.41, 5.74) is 3.92. The number of fused-ring (bicyclic) bond motifs is 1. The van der Waals surface area contributed by atoms with Crippen LogP contribution in [0.4, 0.5) is 17.2 Å². The Kier molecular flexibility index (Phi) is 5.05. The molecule has 0 bridgehead atoms. The summed E-state index contributed by atoms with van der Waals surface area (Å²) in [5, 5.41) is 6.35. The zero-order valence-corrected chi connectivity index (χ0v) is 16.6. The number of aromatic nitrogens is 3. The summed E-state index contributed by atoms with van der Waals surface area (Å²) < 4.78 is 7.19. The van der Waals surface area contributed by atoms with Crippen molar-refractivity contribution in [2.45, 2.75) is 6.92 Å². The number of carbonyl (C=O) groups is 1. The Morgan fingerprint density at radius 3 is 2.62 bits per heavy atom. The van der Waals surface area contributed by atoms with Gasteiger partial charge in [0.15, 0.2) is 11.5 Å². The molecule has 2 aromatic heterocycles. The number of benzene rings is 2. The van der Waals surface area contributed by atoms with E-state index in [0.717, 1.165) is 22.7 Å². The third-order valence-corrected chi connectivity index (χ3v) is 4.67. The van der Waals surface area contributed by atoms with Crippen LogP contribution in [-0.4, -0.2) is 27.4 Å². The minimum atomic E-state index is -0.178. The van der Waals surface area contributed by atoms with Crippen molar-refractivity contribution in [2.75, 3.05) is 17.7 Å². The van der Waals surface area contributed by atoms with Gasteiger partial charge >= 0.3 is 0 Å². The van der Waals surface area contributed by atoms with E-state index in [1.54, 1.807) is 31.6 Å². The third kappa shape index (κ3) is 3.86. The first-order chi connectivity index (χ1) is 14.0. The van der Waals surface area contributed by atoms with E-state index in [-0.39, 0.29) is 5.91 Å². The van der Waals surface area contributed by atoms with Gasteiger partial charge in [-0.15, -0.1) is 0 Å². The van der Waals surface area contributed by atoms with Crippen molar-refractivity contribution >= 4 is 40.3 Å². The van der Waals surface area contributed by atoms with E-state index >= 15 is 0 Å². The highest BCUT2D eigenvalue weighted by Crippen LogP contribution is 2.29. The Bertz CT molecular complexity index is 1190. The first-order valence-electron chi connectivity index (χ1n) is 8.86. The summed E-state index contributed by atoms with van der Waals surface area (Å²) in [7, 11) is 1.64.